The van der Waals surface area contributed by atoms with Crippen LogP contribution in [0, 0.1) is 11.3 Å². The molecule has 0 radical (unpaired) electrons. The largest absolute Gasteiger partial charge is 0.482 e. The van der Waals surface area contributed by atoms with Crippen LogP contribution in [-0.2, 0) is 11.3 Å². The van der Waals surface area contributed by atoms with Gasteiger partial charge in [0.25, 0.3) is 5.91 Å². The van der Waals surface area contributed by atoms with Gasteiger partial charge in [-0.15, -0.1) is 0 Å². The molecule has 5 nitrogen and oxygen atoms in total. The molecule has 0 saturated carbocycles. The second-order valence-corrected chi connectivity index (χ2v) is 6.95. The number of hydrogen-bond donors (Lipinski definition) is 0. The zero-order valence-electron chi connectivity index (χ0n) is 15.1. The van der Waals surface area contributed by atoms with Crippen molar-refractivity contribution in [3.63, 3.8) is 0 Å². The standard InChI is InChI=1S/C21H22ClN3O2/c22-19-4-1-2-5-20(19)27-16-21(26)25-11-3-10-24(12-13-25)15-18-8-6-17(14-23)7-9-18/h1-2,4-9H,3,10-13,15-16H2. The zero-order chi connectivity index (χ0) is 19.1. The van der Waals surface area contributed by atoms with Gasteiger partial charge >= 0.3 is 0 Å². The van der Waals surface area contributed by atoms with Crippen LogP contribution in [0.25, 0.3) is 0 Å². The predicted octanol–water partition coefficient (Wildman–Crippen LogP) is 3.32. The van der Waals surface area contributed by atoms with Gasteiger partial charge in [0.05, 0.1) is 16.7 Å². The molecule has 27 heavy (non-hydrogen) atoms. The van der Waals surface area contributed by atoms with E-state index in [0.717, 1.165) is 32.6 Å². The van der Waals surface area contributed by atoms with Gasteiger partial charge in [-0.25, -0.2) is 0 Å². The fourth-order valence-electron chi connectivity index (χ4n) is 3.11. The van der Waals surface area contributed by atoms with E-state index in [1.54, 1.807) is 12.1 Å². The van der Waals surface area contributed by atoms with Gasteiger partial charge < -0.3 is 9.64 Å². The molecule has 0 bridgehead atoms. The Hall–Kier alpha value is -2.55. The summed E-state index contributed by atoms with van der Waals surface area (Å²) in [4.78, 5) is 16.7. The fourth-order valence-corrected chi connectivity index (χ4v) is 3.30. The van der Waals surface area contributed by atoms with Gasteiger partial charge in [0.1, 0.15) is 5.75 Å². The van der Waals surface area contributed by atoms with E-state index in [1.165, 1.54) is 5.56 Å². The van der Waals surface area contributed by atoms with E-state index in [0.29, 0.717) is 22.9 Å². The second-order valence-electron chi connectivity index (χ2n) is 6.54. The zero-order valence-corrected chi connectivity index (χ0v) is 15.9. The van der Waals surface area contributed by atoms with Crippen LogP contribution in [0.4, 0.5) is 0 Å². The minimum atomic E-state index is -0.0184. The quantitative estimate of drug-likeness (QED) is 0.794. The monoisotopic (exact) mass is 383 g/mol. The highest BCUT2D eigenvalue weighted by Crippen LogP contribution is 2.23. The molecule has 1 amide bonds. The van der Waals surface area contributed by atoms with Crippen molar-refractivity contribution in [2.75, 3.05) is 32.8 Å². The minimum Gasteiger partial charge on any atom is -0.482 e. The van der Waals surface area contributed by atoms with Crippen molar-refractivity contribution in [3.8, 4) is 11.8 Å². The van der Waals surface area contributed by atoms with Gasteiger partial charge in [0, 0.05) is 32.7 Å². The highest BCUT2D eigenvalue weighted by Gasteiger charge is 2.20. The number of hydrogen-bond acceptors (Lipinski definition) is 4. The van der Waals surface area contributed by atoms with Crippen LogP contribution >= 0.6 is 11.6 Å². The second kappa shape index (κ2) is 9.40. The summed E-state index contributed by atoms with van der Waals surface area (Å²) in [5.74, 6) is 0.514. The highest BCUT2D eigenvalue weighted by molar-refractivity contribution is 6.32. The molecule has 0 spiro atoms. The molecule has 0 N–H and O–H groups in total. The van der Waals surface area contributed by atoms with Crippen molar-refractivity contribution in [1.82, 2.24) is 9.80 Å². The first-order valence-electron chi connectivity index (χ1n) is 9.02. The molecule has 0 aromatic heterocycles. The number of ether oxygens (including phenoxy) is 1. The van der Waals surface area contributed by atoms with Crippen molar-refractivity contribution < 1.29 is 9.53 Å². The summed E-state index contributed by atoms with van der Waals surface area (Å²) in [7, 11) is 0. The SMILES string of the molecule is N#Cc1ccc(CN2CCCN(C(=O)COc3ccccc3Cl)CC2)cc1. The van der Waals surface area contributed by atoms with E-state index >= 15 is 0 Å². The average molecular weight is 384 g/mol. The van der Waals surface area contributed by atoms with Crippen molar-refractivity contribution in [1.29, 1.82) is 5.26 Å². The van der Waals surface area contributed by atoms with Crippen LogP contribution in [0.1, 0.15) is 17.5 Å². The molecule has 0 atom stereocenters. The lowest BCUT2D eigenvalue weighted by atomic mass is 10.1. The summed E-state index contributed by atoms with van der Waals surface area (Å²) >= 11 is 6.06. The Bertz CT molecular complexity index is 817. The van der Waals surface area contributed by atoms with Crippen molar-refractivity contribution in [2.24, 2.45) is 0 Å². The number of halogens is 1. The minimum absolute atomic E-state index is 0.000640. The Morgan fingerprint density at radius 3 is 2.59 bits per heavy atom. The van der Waals surface area contributed by atoms with Crippen LogP contribution < -0.4 is 4.74 Å². The van der Waals surface area contributed by atoms with Crippen LogP contribution in [0.2, 0.25) is 5.02 Å². The topological polar surface area (TPSA) is 56.6 Å². The predicted molar refractivity (Wildman–Crippen MR) is 105 cm³/mol. The third-order valence-electron chi connectivity index (χ3n) is 4.62. The van der Waals surface area contributed by atoms with Gasteiger partial charge in [0.15, 0.2) is 6.61 Å². The number of amides is 1. The van der Waals surface area contributed by atoms with E-state index in [2.05, 4.69) is 11.0 Å². The van der Waals surface area contributed by atoms with Gasteiger partial charge in [-0.3, -0.25) is 9.69 Å². The molecule has 2 aromatic rings. The van der Waals surface area contributed by atoms with Gasteiger partial charge in [0.2, 0.25) is 0 Å². The highest BCUT2D eigenvalue weighted by atomic mass is 35.5. The van der Waals surface area contributed by atoms with E-state index < -0.39 is 0 Å². The maximum atomic E-state index is 12.5. The van der Waals surface area contributed by atoms with E-state index in [4.69, 9.17) is 21.6 Å². The fraction of sp³-hybridized carbons (Fsp3) is 0.333. The third-order valence-corrected chi connectivity index (χ3v) is 4.93. The third kappa shape index (κ3) is 5.46. The smallest absolute Gasteiger partial charge is 0.260 e. The maximum Gasteiger partial charge on any atom is 0.260 e. The number of para-hydroxylation sites is 1. The van der Waals surface area contributed by atoms with Gasteiger partial charge in [-0.05, 0) is 36.2 Å². The average Bonchev–Trinajstić information content (AvgIpc) is 2.93. The molecule has 1 aliphatic rings. The number of carbonyl (C=O) groups excluding carboxylic acids is 1. The number of nitrogens with zero attached hydrogens (tertiary/aromatic N) is 3. The Morgan fingerprint density at radius 2 is 1.85 bits per heavy atom. The Morgan fingerprint density at radius 1 is 1.07 bits per heavy atom. The molecule has 0 aliphatic carbocycles. The first-order valence-corrected chi connectivity index (χ1v) is 9.40. The maximum absolute atomic E-state index is 12.5. The van der Waals surface area contributed by atoms with Crippen LogP contribution in [0.5, 0.6) is 5.75 Å². The van der Waals surface area contributed by atoms with E-state index in [1.807, 2.05) is 41.3 Å². The summed E-state index contributed by atoms with van der Waals surface area (Å²) in [6, 6.07) is 17.0. The van der Waals surface area contributed by atoms with Crippen LogP contribution in [0.3, 0.4) is 0 Å². The molecule has 140 valence electrons. The molecule has 1 fully saturated rings. The first kappa shape index (κ1) is 19.2. The molecule has 1 saturated heterocycles. The molecule has 2 aromatic carbocycles. The lowest BCUT2D eigenvalue weighted by Gasteiger charge is -2.22. The van der Waals surface area contributed by atoms with Gasteiger partial charge in [-0.1, -0.05) is 35.9 Å². The van der Waals surface area contributed by atoms with Crippen LogP contribution in [0.15, 0.2) is 48.5 Å². The first-order chi connectivity index (χ1) is 13.2. The van der Waals surface area contributed by atoms with Crippen molar-refractivity contribution in [3.05, 3.63) is 64.7 Å². The normalized spacial score (nSPS) is 15.0. The summed E-state index contributed by atoms with van der Waals surface area (Å²) in [5, 5.41) is 9.39. The summed E-state index contributed by atoms with van der Waals surface area (Å²) < 4.78 is 5.57. The molecule has 1 aliphatic heterocycles. The Kier molecular flexibility index (Phi) is 6.69. The van der Waals surface area contributed by atoms with Crippen molar-refractivity contribution in [2.45, 2.75) is 13.0 Å². The Balaban J connectivity index is 1.49. The molecular weight excluding hydrogens is 362 g/mol. The Labute approximate surface area is 164 Å². The number of benzene rings is 2. The molecule has 3 rings (SSSR count). The number of nitriles is 1. The summed E-state index contributed by atoms with van der Waals surface area (Å²) in [6.07, 6.45) is 0.925. The molecule has 0 unspecified atom stereocenters. The van der Waals surface area contributed by atoms with E-state index in [9.17, 15) is 4.79 Å². The molecular formula is C21H22ClN3O2. The number of rotatable bonds is 5. The van der Waals surface area contributed by atoms with Gasteiger partial charge in [-0.2, -0.15) is 5.26 Å². The lowest BCUT2D eigenvalue weighted by Crippen LogP contribution is -2.38. The molecule has 1 heterocycles. The van der Waals surface area contributed by atoms with Crippen LogP contribution in [-0.4, -0.2) is 48.5 Å². The number of carbonyl (C=O) groups is 1. The molecule has 6 heteroatoms. The van der Waals surface area contributed by atoms with Crippen molar-refractivity contribution >= 4 is 17.5 Å². The summed E-state index contributed by atoms with van der Waals surface area (Å²) in [5.41, 5.74) is 1.85. The van der Waals surface area contributed by atoms with E-state index in [-0.39, 0.29) is 12.5 Å². The summed E-state index contributed by atoms with van der Waals surface area (Å²) in [6.45, 7) is 3.99. The lowest BCUT2D eigenvalue weighted by molar-refractivity contribution is -0.133.